The molecule has 4 unspecified atom stereocenters. The average molecular weight is 945 g/mol. The zero-order valence-electron chi connectivity index (χ0n) is 34.7. The molecular formula is C42H36Cl2F3N14O5+. The molecule has 0 amide bonds. The molecule has 2 aromatic carbocycles. The number of alkyl halides is 4. The number of piperidine rings is 2. The van der Waals surface area contributed by atoms with Gasteiger partial charge >= 0.3 is 6.36 Å². The zero-order valence-corrected chi connectivity index (χ0v) is 36.2. The molecule has 0 spiro atoms. The lowest BCUT2D eigenvalue weighted by molar-refractivity contribution is -0.598. The van der Waals surface area contributed by atoms with Crippen molar-refractivity contribution in [2.24, 2.45) is 30.7 Å². The fraction of sp³-hybridized carbons (Fsp3) is 0.381. The summed E-state index contributed by atoms with van der Waals surface area (Å²) >= 11 is 6.64. The van der Waals surface area contributed by atoms with Gasteiger partial charge < -0.3 is 32.7 Å². The van der Waals surface area contributed by atoms with Crippen LogP contribution in [0.3, 0.4) is 0 Å². The van der Waals surface area contributed by atoms with Crippen LogP contribution >= 0.6 is 11.6 Å². The number of hydrogen-bond donors (Lipinski definition) is 0. The summed E-state index contributed by atoms with van der Waals surface area (Å²) in [5.41, 5.74) is 2.82. The van der Waals surface area contributed by atoms with Crippen molar-refractivity contribution in [2.45, 2.75) is 37.8 Å². The summed E-state index contributed by atoms with van der Waals surface area (Å²) < 4.78 is 59.1. The molecule has 4 aliphatic rings. The van der Waals surface area contributed by atoms with E-state index in [1.54, 1.807) is 41.0 Å². The average Bonchev–Trinajstić information content (AvgIpc) is 3.85. The van der Waals surface area contributed by atoms with Crippen LogP contribution in [0.1, 0.15) is 35.3 Å². The Bertz CT molecular complexity index is 3270. The molecule has 2 saturated heterocycles. The lowest BCUT2D eigenvalue weighted by atomic mass is 10.2. The molecule has 2 aliphatic carbocycles. The second-order valence-corrected chi connectivity index (χ2v) is 18.6. The van der Waals surface area contributed by atoms with Gasteiger partial charge in [-0.05, 0) is 54.0 Å². The van der Waals surface area contributed by atoms with E-state index >= 15 is 0 Å². The number of nitrogens with zero attached hydrogens (tertiary/aromatic N) is 14. The van der Waals surface area contributed by atoms with Crippen LogP contribution in [0.2, 0.25) is 10.0 Å². The second-order valence-electron chi connectivity index (χ2n) is 17.1. The van der Waals surface area contributed by atoms with Crippen LogP contribution in [0.5, 0.6) is 5.75 Å². The lowest BCUT2D eigenvalue weighted by Gasteiger charge is -2.21. The van der Waals surface area contributed by atoms with Gasteiger partial charge in [0.05, 0.1) is 19.2 Å². The van der Waals surface area contributed by atoms with Crippen LogP contribution in [0.4, 0.5) is 24.5 Å². The highest BCUT2D eigenvalue weighted by atomic mass is 35.5. The molecule has 66 heavy (non-hydrogen) atoms. The topological polar surface area (TPSA) is 199 Å². The summed E-state index contributed by atoms with van der Waals surface area (Å²) in [7, 11) is 3.98. The SMILES string of the molecule is Cn1cnc2ncn(Cc3nc(C4C5CN(c6cc(Cl)cc([Cl+]CCn7cnc8ncn(Cc9nc(C%10C%11CN(c%12ccc(OC(F)(F)F)cc%12)CC%11%10)no9)c(=O)c87)c6)CC54)no3)c(=O)c21. The first kappa shape index (κ1) is 40.7. The van der Waals surface area contributed by atoms with Crippen molar-refractivity contribution in [2.75, 3.05) is 41.9 Å². The first-order valence-electron chi connectivity index (χ1n) is 21.1. The highest BCUT2D eigenvalue weighted by Gasteiger charge is 2.59. The number of fused-ring (bicyclic) bond motifs is 4. The van der Waals surface area contributed by atoms with Gasteiger partial charge in [-0.3, -0.25) is 18.7 Å². The summed E-state index contributed by atoms with van der Waals surface area (Å²) in [5.74, 6) is 3.75. The Morgan fingerprint density at radius 1 is 0.712 bits per heavy atom. The number of rotatable bonds is 13. The molecule has 0 bridgehead atoms. The van der Waals surface area contributed by atoms with Gasteiger partial charge in [-0.2, -0.15) is 9.97 Å². The Hall–Kier alpha value is -6.81. The molecule has 4 atom stereocenters. The number of ether oxygens (including phenoxy) is 1. The maximum absolute atomic E-state index is 13.8. The van der Waals surface area contributed by atoms with E-state index < -0.39 is 6.36 Å². The molecule has 2 saturated carbocycles. The number of imidazole rings is 2. The fourth-order valence-electron chi connectivity index (χ4n) is 9.83. The predicted molar refractivity (Wildman–Crippen MR) is 224 cm³/mol. The van der Waals surface area contributed by atoms with Gasteiger partial charge in [0.15, 0.2) is 50.7 Å². The standard InChI is InChI=1S/C42H36Cl2F3N14O5/c1-56-17-48-38-34(56)40(62)60(19-50-38)15-30-52-37(55-65-30)33-28-13-59(14-29(28)33)24-9-21(43)8-22(10-24)44-6-7-57-18-49-39-35(57)41(63)61(20-51-39)16-31-53-36(54-66-31)32-26-11-58(12-27(26)32)23-2-4-25(5-3-23)64-42(45,46)47/h2-5,8-10,17-20,26-29,32-33H,6-7,11-16H2,1H3/q+1. The Morgan fingerprint density at radius 3 is 1.83 bits per heavy atom. The number of aromatic nitrogens is 12. The first-order valence-corrected chi connectivity index (χ1v) is 22.4. The van der Waals surface area contributed by atoms with Crippen molar-refractivity contribution in [1.29, 1.82) is 0 Å². The molecule has 4 fully saturated rings. The number of aryl methyl sites for hydroxylation is 2. The number of hydrogen-bond acceptors (Lipinski definition) is 15. The van der Waals surface area contributed by atoms with Crippen LogP contribution in [0.25, 0.3) is 22.3 Å². The summed E-state index contributed by atoms with van der Waals surface area (Å²) in [6.07, 6.45) is 1.30. The van der Waals surface area contributed by atoms with Gasteiger partial charge in [0.2, 0.25) is 16.8 Å². The van der Waals surface area contributed by atoms with Gasteiger partial charge in [-0.25, -0.2) is 19.9 Å². The molecule has 6 aromatic heterocycles. The smallest absolute Gasteiger partial charge is 0.406 e. The minimum Gasteiger partial charge on any atom is -0.406 e. The minimum absolute atomic E-state index is 0.0385. The Labute approximate surface area is 378 Å². The van der Waals surface area contributed by atoms with Gasteiger partial charge in [-0.1, -0.05) is 21.9 Å². The van der Waals surface area contributed by atoms with Gasteiger partial charge in [0.25, 0.3) is 11.1 Å². The molecule has 8 heterocycles. The fourth-order valence-corrected chi connectivity index (χ4v) is 11.0. The monoisotopic (exact) mass is 943 g/mol. The number of halogens is 5. The molecule has 0 N–H and O–H groups in total. The molecule has 24 heteroatoms. The Kier molecular flexibility index (Phi) is 9.49. The summed E-state index contributed by atoms with van der Waals surface area (Å²) in [6.45, 7) is 3.68. The maximum Gasteiger partial charge on any atom is 0.573 e. The van der Waals surface area contributed by atoms with E-state index in [0.29, 0.717) is 82.2 Å². The van der Waals surface area contributed by atoms with Crippen LogP contribution in [0, 0.1) is 34.5 Å². The van der Waals surface area contributed by atoms with E-state index in [-0.39, 0.29) is 59.5 Å². The molecule has 19 nitrogen and oxygen atoms in total. The Balaban J connectivity index is 0.643. The van der Waals surface area contributed by atoms with Gasteiger partial charge in [0, 0.05) is 73.6 Å². The van der Waals surface area contributed by atoms with E-state index in [1.165, 1.54) is 33.9 Å². The number of benzene rings is 2. The minimum atomic E-state index is -4.74. The van der Waals surface area contributed by atoms with Crippen molar-refractivity contribution < 1.29 is 37.7 Å². The molecule has 0 radical (unpaired) electrons. The predicted octanol–water partition coefficient (Wildman–Crippen LogP) is 4.35. The quantitative estimate of drug-likeness (QED) is 0.148. The van der Waals surface area contributed by atoms with E-state index in [1.807, 2.05) is 12.1 Å². The van der Waals surface area contributed by atoms with Crippen molar-refractivity contribution >= 4 is 45.3 Å². The third-order valence-corrected chi connectivity index (χ3v) is 14.2. The van der Waals surface area contributed by atoms with Crippen LogP contribution in [-0.4, -0.2) is 96.9 Å². The normalized spacial score (nSPS) is 22.1. The molecule has 338 valence electrons. The molecule has 12 rings (SSSR count). The van der Waals surface area contributed by atoms with Crippen molar-refractivity contribution in [3.63, 3.8) is 0 Å². The van der Waals surface area contributed by atoms with Crippen LogP contribution < -0.4 is 25.7 Å². The highest BCUT2D eigenvalue weighted by molar-refractivity contribution is 6.30. The zero-order chi connectivity index (χ0) is 45.0. The van der Waals surface area contributed by atoms with Crippen LogP contribution in [-0.2, 0) is 26.7 Å². The van der Waals surface area contributed by atoms with Gasteiger partial charge in [0.1, 0.15) is 31.5 Å². The second kappa shape index (κ2) is 15.4. The van der Waals surface area contributed by atoms with E-state index in [9.17, 15) is 22.8 Å². The lowest BCUT2D eigenvalue weighted by Crippen LogP contribution is -2.24. The first-order chi connectivity index (χ1) is 31.9. The molecular weight excluding hydrogens is 908 g/mol. The van der Waals surface area contributed by atoms with E-state index in [0.717, 1.165) is 29.5 Å². The van der Waals surface area contributed by atoms with E-state index in [4.69, 9.17) is 20.6 Å². The number of anilines is 2. The van der Waals surface area contributed by atoms with E-state index in [2.05, 4.69) is 71.6 Å². The maximum atomic E-state index is 13.8. The largest absolute Gasteiger partial charge is 0.573 e. The van der Waals surface area contributed by atoms with Crippen molar-refractivity contribution in [1.82, 2.24) is 58.5 Å². The van der Waals surface area contributed by atoms with Gasteiger partial charge in [-0.15, -0.1) is 13.2 Å². The molecule has 8 aromatic rings. The van der Waals surface area contributed by atoms with Crippen LogP contribution in [0.15, 0.2) is 86.4 Å². The summed E-state index contributed by atoms with van der Waals surface area (Å²) in [4.78, 5) is 57.7. The third kappa shape index (κ3) is 7.40. The Morgan fingerprint density at radius 2 is 1.24 bits per heavy atom. The summed E-state index contributed by atoms with van der Waals surface area (Å²) in [6, 6.07) is 11.9. The molecule has 2 aliphatic heterocycles. The van der Waals surface area contributed by atoms with Crippen molar-refractivity contribution in [3.05, 3.63) is 122 Å². The summed E-state index contributed by atoms with van der Waals surface area (Å²) in [5, 5.41) is 10.1. The third-order valence-electron chi connectivity index (χ3n) is 13.1. The van der Waals surface area contributed by atoms with Crippen molar-refractivity contribution in [3.8, 4) is 5.75 Å². The highest BCUT2D eigenvalue weighted by Crippen LogP contribution is 2.59.